The van der Waals surface area contributed by atoms with Crippen molar-refractivity contribution in [2.75, 3.05) is 25.6 Å². The number of benzene rings is 1. The molecular formula is C18H25N3O4. The van der Waals surface area contributed by atoms with Crippen LogP contribution < -0.4 is 10.6 Å². The van der Waals surface area contributed by atoms with E-state index in [0.29, 0.717) is 24.4 Å². The van der Waals surface area contributed by atoms with E-state index in [0.717, 1.165) is 17.3 Å². The van der Waals surface area contributed by atoms with Crippen LogP contribution in [0.5, 0.6) is 0 Å². The van der Waals surface area contributed by atoms with Crippen LogP contribution in [0.2, 0.25) is 0 Å². The summed E-state index contributed by atoms with van der Waals surface area (Å²) in [5.74, 6) is -1.16. The molecule has 1 atom stereocenters. The van der Waals surface area contributed by atoms with Gasteiger partial charge in [0.1, 0.15) is 6.04 Å². The quantitative estimate of drug-likeness (QED) is 0.522. The summed E-state index contributed by atoms with van der Waals surface area (Å²) in [7, 11) is 1.61. The number of methoxy groups -OCH3 is 1. The molecule has 0 saturated carbocycles. The molecule has 0 aliphatic carbocycles. The lowest BCUT2D eigenvalue weighted by Crippen LogP contribution is -2.29. The summed E-state index contributed by atoms with van der Waals surface area (Å²) in [5.41, 5.74) is 2.11. The summed E-state index contributed by atoms with van der Waals surface area (Å²) in [5, 5.41) is 16.2. The molecule has 7 heteroatoms. The van der Waals surface area contributed by atoms with E-state index in [1.54, 1.807) is 25.4 Å². The molecule has 0 unspecified atom stereocenters. The molecule has 4 N–H and O–H groups in total. The molecule has 1 amide bonds. The van der Waals surface area contributed by atoms with E-state index >= 15 is 0 Å². The summed E-state index contributed by atoms with van der Waals surface area (Å²) in [4.78, 5) is 26.6. The summed E-state index contributed by atoms with van der Waals surface area (Å²) in [6.45, 7) is 4.74. The first kappa shape index (κ1) is 19.0. The van der Waals surface area contributed by atoms with Crippen molar-refractivity contribution in [3.63, 3.8) is 0 Å². The molecule has 0 bridgehead atoms. The minimum Gasteiger partial charge on any atom is -0.480 e. The smallest absolute Gasteiger partial charge is 0.325 e. The van der Waals surface area contributed by atoms with Gasteiger partial charge in [0.05, 0.1) is 0 Å². The summed E-state index contributed by atoms with van der Waals surface area (Å²) < 4.78 is 4.98. The van der Waals surface area contributed by atoms with Gasteiger partial charge in [-0.2, -0.15) is 0 Å². The van der Waals surface area contributed by atoms with Crippen LogP contribution in [0.3, 0.4) is 0 Å². The molecule has 0 radical (unpaired) electrons. The Morgan fingerprint density at radius 3 is 2.72 bits per heavy atom. The maximum atomic E-state index is 11.9. The topological polar surface area (TPSA) is 103 Å². The van der Waals surface area contributed by atoms with Crippen molar-refractivity contribution in [2.45, 2.75) is 26.3 Å². The minimum absolute atomic E-state index is 0.0797. The van der Waals surface area contributed by atoms with Gasteiger partial charge in [-0.05, 0) is 31.2 Å². The number of rotatable bonds is 9. The molecule has 1 aromatic heterocycles. The predicted octanol–water partition coefficient (Wildman–Crippen LogP) is 2.51. The van der Waals surface area contributed by atoms with E-state index in [9.17, 15) is 14.7 Å². The second-order valence-electron chi connectivity index (χ2n) is 6.22. The van der Waals surface area contributed by atoms with Crippen LogP contribution in [0.4, 0.5) is 5.69 Å². The Labute approximate surface area is 146 Å². The van der Waals surface area contributed by atoms with E-state index in [1.807, 2.05) is 19.9 Å². The van der Waals surface area contributed by atoms with Crippen LogP contribution in [0.15, 0.2) is 24.4 Å². The largest absolute Gasteiger partial charge is 0.480 e. The van der Waals surface area contributed by atoms with Gasteiger partial charge >= 0.3 is 5.97 Å². The van der Waals surface area contributed by atoms with Gasteiger partial charge in [0, 0.05) is 48.0 Å². The highest BCUT2D eigenvalue weighted by atomic mass is 16.5. The number of aromatic amines is 1. The second kappa shape index (κ2) is 8.64. The van der Waals surface area contributed by atoms with Crippen LogP contribution in [-0.2, 0) is 14.3 Å². The van der Waals surface area contributed by atoms with E-state index in [4.69, 9.17) is 4.74 Å². The molecule has 0 fully saturated rings. The Morgan fingerprint density at radius 1 is 1.32 bits per heavy atom. The van der Waals surface area contributed by atoms with Crippen molar-refractivity contribution in [3.05, 3.63) is 30.0 Å². The molecular weight excluding hydrogens is 322 g/mol. The molecule has 0 saturated heterocycles. The molecule has 2 aromatic rings. The first-order chi connectivity index (χ1) is 11.9. The highest BCUT2D eigenvalue weighted by Crippen LogP contribution is 2.27. The van der Waals surface area contributed by atoms with Gasteiger partial charge < -0.3 is 25.5 Å². The zero-order valence-electron chi connectivity index (χ0n) is 14.8. The number of amides is 1. The van der Waals surface area contributed by atoms with E-state index in [-0.39, 0.29) is 11.8 Å². The molecule has 136 valence electrons. The Bertz CT molecular complexity index is 739. The van der Waals surface area contributed by atoms with Gasteiger partial charge in [-0.25, -0.2) is 0 Å². The maximum absolute atomic E-state index is 11.9. The number of aromatic nitrogens is 1. The Kier molecular flexibility index (Phi) is 6.55. The molecule has 7 nitrogen and oxygen atoms in total. The van der Waals surface area contributed by atoms with Crippen molar-refractivity contribution in [3.8, 4) is 0 Å². The first-order valence-corrected chi connectivity index (χ1v) is 8.31. The number of ether oxygens (including phenoxy) is 1. The fourth-order valence-corrected chi connectivity index (χ4v) is 2.54. The average Bonchev–Trinajstić information content (AvgIpc) is 2.97. The SMILES string of the molecule is COCCCN[C@@H](C(=O)O)c1c[nH]c2ccc(NC(=O)C(C)C)cc12. The molecule has 0 aliphatic rings. The first-order valence-electron chi connectivity index (χ1n) is 8.31. The molecule has 1 heterocycles. The van der Waals surface area contributed by atoms with Crippen LogP contribution in [0.25, 0.3) is 10.9 Å². The predicted molar refractivity (Wildman–Crippen MR) is 96.6 cm³/mol. The van der Waals surface area contributed by atoms with E-state index in [1.165, 1.54) is 0 Å². The van der Waals surface area contributed by atoms with Gasteiger partial charge in [0.15, 0.2) is 0 Å². The summed E-state index contributed by atoms with van der Waals surface area (Å²) >= 11 is 0. The zero-order valence-corrected chi connectivity index (χ0v) is 14.8. The van der Waals surface area contributed by atoms with Crippen LogP contribution in [0.1, 0.15) is 31.9 Å². The number of H-pyrrole nitrogens is 1. The van der Waals surface area contributed by atoms with Crippen molar-refractivity contribution in [1.82, 2.24) is 10.3 Å². The summed E-state index contributed by atoms with van der Waals surface area (Å²) in [6.07, 6.45) is 2.42. The lowest BCUT2D eigenvalue weighted by atomic mass is 10.0. The fraction of sp³-hybridized carbons (Fsp3) is 0.444. The Morgan fingerprint density at radius 2 is 2.08 bits per heavy atom. The average molecular weight is 347 g/mol. The lowest BCUT2D eigenvalue weighted by molar-refractivity contribution is -0.139. The zero-order chi connectivity index (χ0) is 18.4. The van der Waals surface area contributed by atoms with Crippen molar-refractivity contribution in [2.24, 2.45) is 5.92 Å². The number of aliphatic carboxylic acids is 1. The maximum Gasteiger partial charge on any atom is 0.325 e. The third-order valence-corrected chi connectivity index (χ3v) is 3.94. The molecule has 0 aliphatic heterocycles. The van der Waals surface area contributed by atoms with Gasteiger partial charge in [0.2, 0.25) is 5.91 Å². The standard InChI is InChI=1S/C18H25N3O4/c1-11(2)17(22)21-12-5-6-15-13(9-12)14(10-20-15)16(18(23)24)19-7-4-8-25-3/h5-6,9-11,16,19-20H,4,7-8H2,1-3H3,(H,21,22)(H,23,24)/t16-/m1/s1. The Balaban J connectivity index is 2.26. The van der Waals surface area contributed by atoms with E-state index < -0.39 is 12.0 Å². The van der Waals surface area contributed by atoms with Crippen molar-refractivity contribution < 1.29 is 19.4 Å². The normalized spacial score (nSPS) is 12.5. The fourth-order valence-electron chi connectivity index (χ4n) is 2.54. The van der Waals surface area contributed by atoms with Crippen LogP contribution in [-0.4, -0.2) is 42.2 Å². The Hall–Kier alpha value is -2.38. The van der Waals surface area contributed by atoms with Gasteiger partial charge in [-0.3, -0.25) is 9.59 Å². The van der Waals surface area contributed by atoms with Crippen LogP contribution >= 0.6 is 0 Å². The van der Waals surface area contributed by atoms with Gasteiger partial charge in [-0.15, -0.1) is 0 Å². The number of hydrogen-bond donors (Lipinski definition) is 4. The number of anilines is 1. The highest BCUT2D eigenvalue weighted by Gasteiger charge is 2.22. The van der Waals surface area contributed by atoms with Crippen molar-refractivity contribution >= 4 is 28.5 Å². The third-order valence-electron chi connectivity index (χ3n) is 3.94. The minimum atomic E-state index is -0.949. The molecule has 25 heavy (non-hydrogen) atoms. The lowest BCUT2D eigenvalue weighted by Gasteiger charge is -2.14. The van der Waals surface area contributed by atoms with Crippen LogP contribution in [0, 0.1) is 5.92 Å². The molecule has 2 rings (SSSR count). The number of hydrogen-bond acceptors (Lipinski definition) is 4. The number of carboxylic acids is 1. The summed E-state index contributed by atoms with van der Waals surface area (Å²) in [6, 6.07) is 4.60. The van der Waals surface area contributed by atoms with Gasteiger partial charge in [-0.1, -0.05) is 13.8 Å². The number of carboxylic acid groups (broad SMARTS) is 1. The number of carbonyl (C=O) groups excluding carboxylic acids is 1. The molecule has 1 aromatic carbocycles. The van der Waals surface area contributed by atoms with Crippen molar-refractivity contribution in [1.29, 1.82) is 0 Å². The monoisotopic (exact) mass is 347 g/mol. The van der Waals surface area contributed by atoms with Gasteiger partial charge in [0.25, 0.3) is 0 Å². The highest BCUT2D eigenvalue weighted by molar-refractivity contribution is 5.96. The third kappa shape index (κ3) is 4.80. The molecule has 0 spiro atoms. The number of fused-ring (bicyclic) bond motifs is 1. The second-order valence-corrected chi connectivity index (χ2v) is 6.22. The number of nitrogens with one attached hydrogen (secondary N) is 3. The van der Waals surface area contributed by atoms with E-state index in [2.05, 4.69) is 15.6 Å². The number of carbonyl (C=O) groups is 2.